The maximum atomic E-state index is 16.2. The van der Waals surface area contributed by atoms with Gasteiger partial charge < -0.3 is 14.9 Å². The first-order valence-electron chi connectivity index (χ1n) is 18.3. The Morgan fingerprint density at radius 3 is 1.98 bits per heavy atom. The van der Waals surface area contributed by atoms with Crippen molar-refractivity contribution in [3.63, 3.8) is 0 Å². The maximum Gasteiger partial charge on any atom is 0.350 e. The van der Waals surface area contributed by atoms with E-state index in [9.17, 15) is 18.7 Å². The van der Waals surface area contributed by atoms with E-state index in [1.54, 1.807) is 15.6 Å². The molecule has 1 N–H and O–H groups in total. The first-order chi connectivity index (χ1) is 26.4. The summed E-state index contributed by atoms with van der Waals surface area (Å²) >= 11 is 0. The van der Waals surface area contributed by atoms with E-state index in [1.165, 1.54) is 30.7 Å². The van der Waals surface area contributed by atoms with E-state index in [1.807, 2.05) is 48.5 Å². The Balaban J connectivity index is 1.00. The van der Waals surface area contributed by atoms with E-state index in [-0.39, 0.29) is 11.7 Å². The molecule has 1 aliphatic rings. The molecule has 0 spiro atoms. The smallest absolute Gasteiger partial charge is 0.350 e. The van der Waals surface area contributed by atoms with Gasteiger partial charge in [-0.1, -0.05) is 39.0 Å². The highest BCUT2D eigenvalue weighted by Gasteiger charge is 2.57. The van der Waals surface area contributed by atoms with Crippen molar-refractivity contribution in [2.75, 3.05) is 36.0 Å². The van der Waals surface area contributed by atoms with Gasteiger partial charge in [0.25, 0.3) is 0 Å². The molecule has 2 atom stereocenters. The minimum absolute atomic E-state index is 0.0448. The molecular formula is C41H42F4N8O2. The number of aromatic nitrogens is 6. The monoisotopic (exact) mass is 754 g/mol. The van der Waals surface area contributed by atoms with E-state index in [0.29, 0.717) is 17.5 Å². The fraction of sp³-hybridized carbons (Fsp3) is 0.317. The van der Waals surface area contributed by atoms with E-state index in [0.717, 1.165) is 78.1 Å². The molecule has 6 aromatic rings. The van der Waals surface area contributed by atoms with Gasteiger partial charge in [-0.15, -0.1) is 0 Å². The van der Waals surface area contributed by atoms with E-state index in [2.05, 4.69) is 45.8 Å². The fourth-order valence-electron chi connectivity index (χ4n) is 7.33. The fourth-order valence-corrected chi connectivity index (χ4v) is 7.33. The van der Waals surface area contributed by atoms with Crippen LogP contribution in [-0.4, -0.2) is 60.4 Å². The molecule has 286 valence electrons. The predicted molar refractivity (Wildman–Crippen MR) is 202 cm³/mol. The number of anilines is 2. The van der Waals surface area contributed by atoms with Gasteiger partial charge in [-0.05, 0) is 78.6 Å². The third kappa shape index (κ3) is 7.25. The van der Waals surface area contributed by atoms with Crippen molar-refractivity contribution in [3.8, 4) is 16.8 Å². The summed E-state index contributed by atoms with van der Waals surface area (Å²) in [5.74, 6) is -6.08. The molecule has 3 aromatic heterocycles. The lowest BCUT2D eigenvalue weighted by molar-refractivity contribution is -0.207. The lowest BCUT2D eigenvalue weighted by Crippen LogP contribution is -2.48. The van der Waals surface area contributed by atoms with Gasteiger partial charge >= 0.3 is 11.6 Å². The number of hydrogen-bond acceptors (Lipinski definition) is 7. The van der Waals surface area contributed by atoms with Gasteiger partial charge in [0.2, 0.25) is 0 Å². The lowest BCUT2D eigenvalue weighted by atomic mass is 9.84. The molecule has 0 bridgehead atoms. The predicted octanol–water partition coefficient (Wildman–Crippen LogP) is 7.18. The molecule has 1 fully saturated rings. The van der Waals surface area contributed by atoms with Crippen molar-refractivity contribution in [2.24, 2.45) is 5.92 Å². The standard InChI is InChI=1S/C41H42F4N8O2/c1-4-37(28(2)3)53-39(54)52(27-48-53)34-14-12-33(13-15-34)50-22-20-49(21-23-50)32-10-6-29(7-11-32)30-8-17-38(46-25-30)41(44,45)40(55,26-51-19-5-18-47-51)35-16-9-31(42)24-36(35)43/h5-19,24-25,27-28,37,55H,4,20-23,26H2,1-3H3. The molecule has 2 unspecified atom stereocenters. The van der Waals surface area contributed by atoms with Gasteiger partial charge in [0, 0.05) is 73.3 Å². The second-order valence-corrected chi connectivity index (χ2v) is 14.2. The third-order valence-electron chi connectivity index (χ3n) is 10.5. The number of pyridine rings is 1. The molecule has 0 aliphatic carbocycles. The Kier molecular flexibility index (Phi) is 10.4. The van der Waals surface area contributed by atoms with Gasteiger partial charge in [0.15, 0.2) is 5.60 Å². The summed E-state index contributed by atoms with van der Waals surface area (Å²) in [6, 6.07) is 21.9. The van der Waals surface area contributed by atoms with Crippen molar-refractivity contribution < 1.29 is 22.7 Å². The van der Waals surface area contributed by atoms with Crippen LogP contribution in [-0.2, 0) is 18.1 Å². The van der Waals surface area contributed by atoms with E-state index < -0.39 is 41.0 Å². The van der Waals surface area contributed by atoms with Crippen molar-refractivity contribution in [3.05, 3.63) is 143 Å². The Labute approximate surface area is 315 Å². The number of alkyl halides is 2. The third-order valence-corrected chi connectivity index (χ3v) is 10.5. The summed E-state index contributed by atoms with van der Waals surface area (Å²) in [5.41, 5.74) is -0.674. The van der Waals surface area contributed by atoms with Crippen molar-refractivity contribution in [2.45, 2.75) is 51.3 Å². The van der Waals surface area contributed by atoms with Gasteiger partial charge in [-0.25, -0.2) is 22.8 Å². The molecule has 4 heterocycles. The SMILES string of the molecule is CCC(C(C)C)n1ncn(-c2ccc(N3CCN(c4ccc(-c5ccc(C(F)(F)C(O)(Cn6cccn6)c6ccc(F)cc6F)nc5)cc4)CC3)cc2)c1=O. The molecular weight excluding hydrogens is 712 g/mol. The van der Waals surface area contributed by atoms with Crippen LogP contribution in [0, 0.1) is 17.6 Å². The van der Waals surface area contributed by atoms with Gasteiger partial charge in [0.1, 0.15) is 23.7 Å². The first kappa shape index (κ1) is 37.6. The zero-order valence-electron chi connectivity index (χ0n) is 30.7. The van der Waals surface area contributed by atoms with Crippen molar-refractivity contribution in [1.82, 2.24) is 29.1 Å². The lowest BCUT2D eigenvalue weighted by Gasteiger charge is -2.37. The maximum absolute atomic E-state index is 16.2. The summed E-state index contributed by atoms with van der Waals surface area (Å²) in [5, 5.41) is 19.8. The summed E-state index contributed by atoms with van der Waals surface area (Å²) in [7, 11) is 0. The molecule has 55 heavy (non-hydrogen) atoms. The number of halogens is 4. The average Bonchev–Trinajstić information content (AvgIpc) is 3.84. The normalized spacial score (nSPS) is 15.4. The zero-order valence-corrected chi connectivity index (χ0v) is 30.7. The second-order valence-electron chi connectivity index (χ2n) is 14.2. The van der Waals surface area contributed by atoms with Crippen LogP contribution in [0.4, 0.5) is 28.9 Å². The molecule has 1 aliphatic heterocycles. The zero-order chi connectivity index (χ0) is 38.9. The van der Waals surface area contributed by atoms with Gasteiger partial charge in [0.05, 0.1) is 18.3 Å². The molecule has 0 amide bonds. The van der Waals surface area contributed by atoms with Crippen LogP contribution in [0.2, 0.25) is 0 Å². The molecule has 0 saturated carbocycles. The molecule has 3 aromatic carbocycles. The van der Waals surface area contributed by atoms with E-state index >= 15 is 8.78 Å². The summed E-state index contributed by atoms with van der Waals surface area (Å²) in [6.07, 6.45) is 6.40. The summed E-state index contributed by atoms with van der Waals surface area (Å²) in [6.45, 7) is 8.58. The van der Waals surface area contributed by atoms with Crippen LogP contribution in [0.3, 0.4) is 0 Å². The second kappa shape index (κ2) is 15.2. The summed E-state index contributed by atoms with van der Waals surface area (Å²) < 4.78 is 65.2. The Bertz CT molecular complexity index is 2270. The van der Waals surface area contributed by atoms with Gasteiger partial charge in [-0.3, -0.25) is 9.67 Å². The molecule has 10 nitrogen and oxygen atoms in total. The minimum atomic E-state index is -4.10. The number of benzene rings is 3. The molecule has 14 heteroatoms. The quantitative estimate of drug-likeness (QED) is 0.132. The molecule has 1 saturated heterocycles. The van der Waals surface area contributed by atoms with Gasteiger partial charge in [-0.2, -0.15) is 19.0 Å². The number of piperazine rings is 1. The number of nitrogens with zero attached hydrogens (tertiary/aromatic N) is 8. The average molecular weight is 755 g/mol. The van der Waals surface area contributed by atoms with E-state index in [4.69, 9.17) is 0 Å². The van der Waals surface area contributed by atoms with Crippen LogP contribution in [0.5, 0.6) is 0 Å². The first-order valence-corrected chi connectivity index (χ1v) is 18.3. The van der Waals surface area contributed by atoms with Crippen LogP contribution in [0.1, 0.15) is 44.5 Å². The van der Waals surface area contributed by atoms with Crippen molar-refractivity contribution in [1.29, 1.82) is 0 Å². The number of hydrogen-bond donors (Lipinski definition) is 1. The summed E-state index contributed by atoms with van der Waals surface area (Å²) in [4.78, 5) is 21.7. The molecule has 7 rings (SSSR count). The minimum Gasteiger partial charge on any atom is -0.377 e. The largest absolute Gasteiger partial charge is 0.377 e. The Hall–Kier alpha value is -5.76. The highest BCUT2D eigenvalue weighted by molar-refractivity contribution is 5.66. The van der Waals surface area contributed by atoms with Crippen LogP contribution >= 0.6 is 0 Å². The van der Waals surface area contributed by atoms with Crippen LogP contribution < -0.4 is 15.5 Å². The highest BCUT2D eigenvalue weighted by atomic mass is 19.3. The molecule has 0 radical (unpaired) electrons. The number of rotatable bonds is 12. The van der Waals surface area contributed by atoms with Crippen molar-refractivity contribution >= 4 is 11.4 Å². The Morgan fingerprint density at radius 1 is 0.818 bits per heavy atom. The highest BCUT2D eigenvalue weighted by Crippen LogP contribution is 2.47. The Morgan fingerprint density at radius 2 is 1.44 bits per heavy atom. The number of aliphatic hydroxyl groups is 1. The van der Waals surface area contributed by atoms with Crippen LogP contribution in [0.25, 0.3) is 16.8 Å². The topological polar surface area (TPSA) is 97.2 Å². The van der Waals surface area contributed by atoms with Crippen LogP contribution in [0.15, 0.2) is 115 Å².